The summed E-state index contributed by atoms with van der Waals surface area (Å²) in [6.45, 7) is 3.72. The fourth-order valence-electron chi connectivity index (χ4n) is 4.78. The van der Waals surface area contributed by atoms with Crippen molar-refractivity contribution in [2.45, 2.75) is 38.1 Å². The van der Waals surface area contributed by atoms with E-state index in [1.807, 2.05) is 24.3 Å². The van der Waals surface area contributed by atoms with E-state index in [1.165, 1.54) is 24.9 Å². The average Bonchev–Trinajstić information content (AvgIpc) is 3.22. The molecule has 162 valence electrons. The summed E-state index contributed by atoms with van der Waals surface area (Å²) in [5, 5.41) is 13.9. The van der Waals surface area contributed by atoms with Gasteiger partial charge in [0.25, 0.3) is 0 Å². The Kier molecular flexibility index (Phi) is 5.40. The minimum atomic E-state index is -0.0397. The molecular formula is C24H29N5O2. The van der Waals surface area contributed by atoms with Crippen LogP contribution in [0.4, 0.5) is 11.4 Å². The highest BCUT2D eigenvalue weighted by molar-refractivity contribution is 5.54. The van der Waals surface area contributed by atoms with E-state index in [0.717, 1.165) is 50.4 Å². The second-order valence-electron chi connectivity index (χ2n) is 8.53. The lowest BCUT2D eigenvalue weighted by Crippen LogP contribution is -2.46. The van der Waals surface area contributed by atoms with E-state index < -0.39 is 0 Å². The molecule has 7 nitrogen and oxygen atoms in total. The monoisotopic (exact) mass is 419 g/mol. The third-order valence-electron chi connectivity index (χ3n) is 6.60. The van der Waals surface area contributed by atoms with Crippen LogP contribution in [0.15, 0.2) is 59.7 Å². The van der Waals surface area contributed by atoms with Crippen molar-refractivity contribution in [3.05, 3.63) is 65.3 Å². The number of anilines is 2. The van der Waals surface area contributed by atoms with Gasteiger partial charge in [0.2, 0.25) is 0 Å². The van der Waals surface area contributed by atoms with Gasteiger partial charge in [0, 0.05) is 37.6 Å². The predicted molar refractivity (Wildman–Crippen MR) is 122 cm³/mol. The number of benzene rings is 2. The summed E-state index contributed by atoms with van der Waals surface area (Å²) in [5.41, 5.74) is 3.13. The number of aromatic hydroxyl groups is 1. The summed E-state index contributed by atoms with van der Waals surface area (Å²) in [4.78, 5) is 17.6. The normalized spacial score (nSPS) is 17.8. The van der Waals surface area contributed by atoms with Gasteiger partial charge in [-0.3, -0.25) is 0 Å². The van der Waals surface area contributed by atoms with Crippen molar-refractivity contribution in [2.75, 3.05) is 36.0 Å². The Morgan fingerprint density at radius 2 is 1.26 bits per heavy atom. The minimum absolute atomic E-state index is 0.0397. The average molecular weight is 420 g/mol. The van der Waals surface area contributed by atoms with Gasteiger partial charge < -0.3 is 14.9 Å². The van der Waals surface area contributed by atoms with E-state index in [0.29, 0.717) is 5.75 Å². The number of rotatable bonds is 4. The molecule has 7 heteroatoms. The van der Waals surface area contributed by atoms with E-state index in [-0.39, 0.29) is 11.7 Å². The molecule has 1 aliphatic heterocycles. The first-order valence-electron chi connectivity index (χ1n) is 11.2. The van der Waals surface area contributed by atoms with Crippen LogP contribution in [0.1, 0.15) is 38.1 Å². The van der Waals surface area contributed by atoms with Crippen LogP contribution in [0.5, 0.6) is 5.75 Å². The summed E-state index contributed by atoms with van der Waals surface area (Å²) in [5.74, 6) is 0.297. The highest BCUT2D eigenvalue weighted by Gasteiger charge is 2.20. The van der Waals surface area contributed by atoms with Crippen LogP contribution >= 0.6 is 0 Å². The lowest BCUT2D eigenvalue weighted by atomic mass is 9.96. The lowest BCUT2D eigenvalue weighted by Gasteiger charge is -2.37. The van der Waals surface area contributed by atoms with Gasteiger partial charge in [-0.15, -0.1) is 0 Å². The maximum absolute atomic E-state index is 12.9. The molecule has 0 bridgehead atoms. The van der Waals surface area contributed by atoms with Crippen molar-refractivity contribution in [1.29, 1.82) is 0 Å². The molecule has 2 aliphatic rings. The first-order valence-corrected chi connectivity index (χ1v) is 11.2. The number of phenols is 1. The smallest absolute Gasteiger partial charge is 0.350 e. The topological polar surface area (TPSA) is 66.5 Å². The number of hydrogen-bond acceptors (Lipinski definition) is 5. The molecule has 3 aromatic rings. The quantitative estimate of drug-likeness (QED) is 0.700. The number of nitrogens with zero attached hydrogens (tertiary/aromatic N) is 5. The molecule has 2 heterocycles. The molecule has 2 aromatic carbocycles. The zero-order chi connectivity index (χ0) is 21.2. The van der Waals surface area contributed by atoms with E-state index in [9.17, 15) is 9.90 Å². The molecule has 1 saturated heterocycles. The van der Waals surface area contributed by atoms with Crippen molar-refractivity contribution in [2.24, 2.45) is 0 Å². The molecule has 0 amide bonds. The molecule has 0 atom stereocenters. The molecule has 0 unspecified atom stereocenters. The van der Waals surface area contributed by atoms with E-state index >= 15 is 0 Å². The largest absolute Gasteiger partial charge is 0.508 e. The van der Waals surface area contributed by atoms with Crippen LogP contribution in [-0.4, -0.2) is 45.6 Å². The second kappa shape index (κ2) is 8.49. The Bertz CT molecular complexity index is 1060. The van der Waals surface area contributed by atoms with Crippen molar-refractivity contribution < 1.29 is 5.11 Å². The first-order chi connectivity index (χ1) is 15.2. The zero-order valence-electron chi connectivity index (χ0n) is 17.7. The Labute approximate surface area is 182 Å². The SMILES string of the molecule is O=c1n(-c2ccc(N3CCN(c4ccc(O)cc4)CC3)cc2)cnn1C1CCCCC1. The van der Waals surface area contributed by atoms with Crippen molar-refractivity contribution in [1.82, 2.24) is 14.3 Å². The number of piperazine rings is 1. The van der Waals surface area contributed by atoms with Gasteiger partial charge in [0.15, 0.2) is 0 Å². The van der Waals surface area contributed by atoms with Gasteiger partial charge in [-0.05, 0) is 61.4 Å². The predicted octanol–water partition coefficient (Wildman–Crippen LogP) is 3.57. The Hall–Kier alpha value is -3.22. The summed E-state index contributed by atoms with van der Waals surface area (Å²) >= 11 is 0. The maximum Gasteiger partial charge on any atom is 0.350 e. The third-order valence-corrected chi connectivity index (χ3v) is 6.60. The van der Waals surface area contributed by atoms with E-state index in [1.54, 1.807) is 27.7 Å². The van der Waals surface area contributed by atoms with Crippen molar-refractivity contribution in [3.63, 3.8) is 0 Å². The first kappa shape index (κ1) is 19.7. The molecule has 1 aliphatic carbocycles. The molecule has 0 radical (unpaired) electrons. The van der Waals surface area contributed by atoms with Crippen LogP contribution in [0.25, 0.3) is 5.69 Å². The minimum Gasteiger partial charge on any atom is -0.508 e. The van der Waals surface area contributed by atoms with Crippen LogP contribution in [0.3, 0.4) is 0 Å². The molecule has 2 fully saturated rings. The van der Waals surface area contributed by atoms with Crippen LogP contribution in [-0.2, 0) is 0 Å². The molecule has 31 heavy (non-hydrogen) atoms. The van der Waals surface area contributed by atoms with Crippen LogP contribution in [0, 0.1) is 0 Å². The fraction of sp³-hybridized carbons (Fsp3) is 0.417. The fourth-order valence-corrected chi connectivity index (χ4v) is 4.78. The third kappa shape index (κ3) is 4.04. The Balaban J connectivity index is 1.25. The van der Waals surface area contributed by atoms with Crippen LogP contribution < -0.4 is 15.5 Å². The highest BCUT2D eigenvalue weighted by Crippen LogP contribution is 2.27. The van der Waals surface area contributed by atoms with Gasteiger partial charge in [-0.2, -0.15) is 5.10 Å². The summed E-state index contributed by atoms with van der Waals surface area (Å²) in [7, 11) is 0. The number of hydrogen-bond donors (Lipinski definition) is 1. The highest BCUT2D eigenvalue weighted by atomic mass is 16.3. The van der Waals surface area contributed by atoms with Gasteiger partial charge in [0.05, 0.1) is 11.7 Å². The van der Waals surface area contributed by atoms with Gasteiger partial charge in [-0.25, -0.2) is 14.0 Å². The molecule has 1 saturated carbocycles. The summed E-state index contributed by atoms with van der Waals surface area (Å²) < 4.78 is 3.33. The molecule has 1 aromatic heterocycles. The van der Waals surface area contributed by atoms with E-state index in [2.05, 4.69) is 27.0 Å². The van der Waals surface area contributed by atoms with E-state index in [4.69, 9.17) is 0 Å². The Morgan fingerprint density at radius 1 is 0.742 bits per heavy atom. The standard InChI is InChI=1S/C24H29N5O2/c30-23-12-10-20(11-13-23)27-16-14-26(15-17-27)19-6-8-21(9-7-19)28-18-25-29(24(28)31)22-4-2-1-3-5-22/h6-13,18,22,30H,1-5,14-17H2. The lowest BCUT2D eigenvalue weighted by molar-refractivity contribution is 0.321. The summed E-state index contributed by atoms with van der Waals surface area (Å²) in [6.07, 6.45) is 7.37. The molecule has 1 N–H and O–H groups in total. The van der Waals surface area contributed by atoms with Gasteiger partial charge in [-0.1, -0.05) is 19.3 Å². The Morgan fingerprint density at radius 3 is 1.84 bits per heavy atom. The maximum atomic E-state index is 12.9. The van der Waals surface area contributed by atoms with Crippen molar-refractivity contribution >= 4 is 11.4 Å². The molecule has 5 rings (SSSR count). The number of phenolic OH excluding ortho intramolecular Hbond substituents is 1. The van der Waals surface area contributed by atoms with Gasteiger partial charge >= 0.3 is 5.69 Å². The van der Waals surface area contributed by atoms with Gasteiger partial charge in [0.1, 0.15) is 12.1 Å². The summed E-state index contributed by atoms with van der Waals surface area (Å²) in [6, 6.07) is 15.8. The second-order valence-corrected chi connectivity index (χ2v) is 8.53. The van der Waals surface area contributed by atoms with Crippen molar-refractivity contribution in [3.8, 4) is 11.4 Å². The number of aromatic nitrogens is 3. The van der Waals surface area contributed by atoms with Crippen LogP contribution in [0.2, 0.25) is 0 Å². The molecule has 0 spiro atoms. The zero-order valence-corrected chi connectivity index (χ0v) is 17.7. The molecular weight excluding hydrogens is 390 g/mol.